The van der Waals surface area contributed by atoms with Crippen LogP contribution in [0, 0.1) is 0 Å². The summed E-state index contributed by atoms with van der Waals surface area (Å²) in [6.07, 6.45) is 0. The zero-order chi connectivity index (χ0) is 19.8. The molecule has 0 unspecified atom stereocenters. The van der Waals surface area contributed by atoms with Gasteiger partial charge in [0.1, 0.15) is 18.1 Å². The maximum Gasteiger partial charge on any atom is 0.258 e. The predicted octanol–water partition coefficient (Wildman–Crippen LogP) is 3.90. The largest absolute Gasteiger partial charge is 0.483 e. The Hall–Kier alpha value is -2.93. The minimum atomic E-state index is -0.193. The van der Waals surface area contributed by atoms with Gasteiger partial charge in [-0.15, -0.1) is 21.5 Å². The molecule has 0 saturated heterocycles. The zero-order valence-corrected chi connectivity index (χ0v) is 16.7. The Kier molecular flexibility index (Phi) is 6.97. The van der Waals surface area contributed by atoms with E-state index in [1.54, 1.807) is 17.4 Å². The van der Waals surface area contributed by atoms with Crippen LogP contribution in [0.2, 0.25) is 0 Å². The van der Waals surface area contributed by atoms with Crippen LogP contribution in [0.5, 0.6) is 11.6 Å². The van der Waals surface area contributed by atoms with Crippen LogP contribution in [0.15, 0.2) is 53.9 Å². The SMILES string of the molecule is CC(C)c1ccccc1OCC(=O)NCCOc1ccc(-c2cccs2)nn1. The Morgan fingerprint density at radius 3 is 2.64 bits per heavy atom. The van der Waals surface area contributed by atoms with Crippen LogP contribution in [0.4, 0.5) is 0 Å². The van der Waals surface area contributed by atoms with Crippen molar-refractivity contribution in [2.24, 2.45) is 0 Å². The van der Waals surface area contributed by atoms with Crippen LogP contribution in [0.1, 0.15) is 25.3 Å². The summed E-state index contributed by atoms with van der Waals surface area (Å²) >= 11 is 1.61. The Balaban J connectivity index is 1.38. The molecule has 0 saturated carbocycles. The summed E-state index contributed by atoms with van der Waals surface area (Å²) in [6, 6.07) is 15.4. The number of thiophene rings is 1. The molecular formula is C21H23N3O3S. The van der Waals surface area contributed by atoms with Gasteiger partial charge >= 0.3 is 0 Å². The van der Waals surface area contributed by atoms with E-state index in [1.807, 2.05) is 47.8 Å². The van der Waals surface area contributed by atoms with Crippen molar-refractivity contribution in [3.8, 4) is 22.2 Å². The van der Waals surface area contributed by atoms with E-state index in [9.17, 15) is 4.79 Å². The fourth-order valence-corrected chi connectivity index (χ4v) is 3.27. The second-order valence-corrected chi connectivity index (χ2v) is 7.36. The summed E-state index contributed by atoms with van der Waals surface area (Å²) in [5.74, 6) is 1.31. The lowest BCUT2D eigenvalue weighted by molar-refractivity contribution is -0.123. The molecule has 1 amide bonds. The highest BCUT2D eigenvalue weighted by Gasteiger charge is 2.09. The highest BCUT2D eigenvalue weighted by Crippen LogP contribution is 2.25. The molecule has 0 aliphatic carbocycles. The fraction of sp³-hybridized carbons (Fsp3) is 0.286. The average molecular weight is 398 g/mol. The summed E-state index contributed by atoms with van der Waals surface area (Å²) in [6.45, 7) is 4.83. The van der Waals surface area contributed by atoms with Gasteiger partial charge in [-0.05, 0) is 35.1 Å². The molecule has 0 spiro atoms. The van der Waals surface area contributed by atoms with Gasteiger partial charge in [-0.2, -0.15) is 0 Å². The summed E-state index contributed by atoms with van der Waals surface area (Å²) < 4.78 is 11.2. The maximum absolute atomic E-state index is 12.0. The van der Waals surface area contributed by atoms with Gasteiger partial charge in [-0.1, -0.05) is 38.1 Å². The van der Waals surface area contributed by atoms with Crippen LogP contribution in [0.25, 0.3) is 10.6 Å². The minimum Gasteiger partial charge on any atom is -0.483 e. The number of carbonyl (C=O) groups is 1. The third kappa shape index (κ3) is 5.53. The Bertz CT molecular complexity index is 880. The number of benzene rings is 1. The fourth-order valence-electron chi connectivity index (χ4n) is 2.58. The van der Waals surface area contributed by atoms with E-state index >= 15 is 0 Å². The molecule has 0 atom stereocenters. The first kappa shape index (κ1) is 19.8. The maximum atomic E-state index is 12.0. The summed E-state index contributed by atoms with van der Waals surface area (Å²) in [5.41, 5.74) is 1.90. The van der Waals surface area contributed by atoms with Crippen LogP contribution in [-0.2, 0) is 4.79 Å². The van der Waals surface area contributed by atoms with Gasteiger partial charge in [0.2, 0.25) is 5.88 Å². The van der Waals surface area contributed by atoms with Crippen molar-refractivity contribution < 1.29 is 14.3 Å². The van der Waals surface area contributed by atoms with Crippen molar-refractivity contribution in [3.05, 3.63) is 59.5 Å². The third-order valence-electron chi connectivity index (χ3n) is 3.99. The molecule has 2 aromatic heterocycles. The number of nitrogens with zero attached hydrogens (tertiary/aromatic N) is 2. The number of para-hydroxylation sites is 1. The van der Waals surface area contributed by atoms with Crippen LogP contribution >= 0.6 is 11.3 Å². The Morgan fingerprint density at radius 2 is 1.93 bits per heavy atom. The number of nitrogens with one attached hydrogen (secondary N) is 1. The van der Waals surface area contributed by atoms with E-state index in [1.165, 1.54) is 0 Å². The number of amides is 1. The topological polar surface area (TPSA) is 73.3 Å². The molecule has 3 rings (SSSR count). The van der Waals surface area contributed by atoms with Crippen LogP contribution < -0.4 is 14.8 Å². The molecule has 2 heterocycles. The quantitative estimate of drug-likeness (QED) is 0.554. The summed E-state index contributed by atoms with van der Waals surface area (Å²) in [5, 5.41) is 13.0. The highest BCUT2D eigenvalue weighted by molar-refractivity contribution is 7.13. The monoisotopic (exact) mass is 397 g/mol. The second kappa shape index (κ2) is 9.85. The average Bonchev–Trinajstić information content (AvgIpc) is 3.25. The van der Waals surface area contributed by atoms with Crippen molar-refractivity contribution in [3.63, 3.8) is 0 Å². The molecule has 6 nitrogen and oxygen atoms in total. The molecule has 3 aromatic rings. The number of ether oxygens (including phenoxy) is 2. The van der Waals surface area contributed by atoms with Gasteiger partial charge in [-0.25, -0.2) is 0 Å². The molecule has 1 aromatic carbocycles. The normalized spacial score (nSPS) is 10.7. The summed E-state index contributed by atoms with van der Waals surface area (Å²) in [7, 11) is 0. The van der Waals surface area contributed by atoms with Crippen LogP contribution in [-0.4, -0.2) is 35.9 Å². The molecule has 146 valence electrons. The molecule has 0 aliphatic heterocycles. The van der Waals surface area contributed by atoms with Gasteiger partial charge in [0, 0.05) is 6.07 Å². The Morgan fingerprint density at radius 1 is 1.07 bits per heavy atom. The molecule has 0 fully saturated rings. The number of rotatable bonds is 9. The molecule has 28 heavy (non-hydrogen) atoms. The van der Waals surface area contributed by atoms with Crippen molar-refractivity contribution >= 4 is 17.2 Å². The molecule has 7 heteroatoms. The first-order valence-corrected chi connectivity index (χ1v) is 10.0. The second-order valence-electron chi connectivity index (χ2n) is 6.41. The van der Waals surface area contributed by atoms with Gasteiger partial charge in [-0.3, -0.25) is 4.79 Å². The number of hydrogen-bond donors (Lipinski definition) is 1. The molecule has 1 N–H and O–H groups in total. The standard InChI is InChI=1S/C21H23N3O3S/c1-15(2)16-6-3-4-7-18(16)27-14-20(25)22-11-12-26-21-10-9-17(23-24-21)19-8-5-13-28-19/h3-10,13,15H,11-12,14H2,1-2H3,(H,22,25). The summed E-state index contributed by atoms with van der Waals surface area (Å²) in [4.78, 5) is 13.0. The van der Waals surface area contributed by atoms with E-state index in [2.05, 4.69) is 29.4 Å². The molecule has 0 bridgehead atoms. The molecule has 0 aliphatic rings. The first-order chi connectivity index (χ1) is 13.6. The number of aromatic nitrogens is 2. The van der Waals surface area contributed by atoms with Gasteiger partial charge in [0.05, 0.1) is 11.4 Å². The van der Waals surface area contributed by atoms with E-state index in [4.69, 9.17) is 9.47 Å². The third-order valence-corrected chi connectivity index (χ3v) is 4.88. The van der Waals surface area contributed by atoms with Gasteiger partial charge < -0.3 is 14.8 Å². The first-order valence-electron chi connectivity index (χ1n) is 9.12. The lowest BCUT2D eigenvalue weighted by Crippen LogP contribution is -2.32. The van der Waals surface area contributed by atoms with Crippen LogP contribution in [0.3, 0.4) is 0 Å². The Labute approximate surface area is 168 Å². The van der Waals surface area contributed by atoms with Crippen molar-refractivity contribution in [1.29, 1.82) is 0 Å². The molecule has 0 radical (unpaired) electrons. The smallest absolute Gasteiger partial charge is 0.258 e. The van der Waals surface area contributed by atoms with Crippen molar-refractivity contribution in [1.82, 2.24) is 15.5 Å². The highest BCUT2D eigenvalue weighted by atomic mass is 32.1. The van der Waals surface area contributed by atoms with Crippen molar-refractivity contribution in [2.75, 3.05) is 19.8 Å². The predicted molar refractivity (Wildman–Crippen MR) is 110 cm³/mol. The van der Waals surface area contributed by atoms with Gasteiger partial charge in [0.15, 0.2) is 6.61 Å². The van der Waals surface area contributed by atoms with Gasteiger partial charge in [0.25, 0.3) is 5.91 Å². The molecular weight excluding hydrogens is 374 g/mol. The minimum absolute atomic E-state index is 0.0287. The zero-order valence-electron chi connectivity index (χ0n) is 15.9. The number of carbonyl (C=O) groups excluding carboxylic acids is 1. The lowest BCUT2D eigenvalue weighted by Gasteiger charge is -2.13. The lowest BCUT2D eigenvalue weighted by atomic mass is 10.0. The van der Waals surface area contributed by atoms with Crippen molar-refractivity contribution in [2.45, 2.75) is 19.8 Å². The van der Waals surface area contributed by atoms with E-state index < -0.39 is 0 Å². The number of hydrogen-bond acceptors (Lipinski definition) is 6. The van der Waals surface area contributed by atoms with E-state index in [0.29, 0.717) is 24.9 Å². The van der Waals surface area contributed by atoms with E-state index in [-0.39, 0.29) is 12.5 Å². The van der Waals surface area contributed by atoms with E-state index in [0.717, 1.165) is 21.9 Å².